The monoisotopic (exact) mass is 507 g/mol. The average Bonchev–Trinajstić information content (AvgIpc) is 3.42. The van der Waals surface area contributed by atoms with Crippen LogP contribution in [0.3, 0.4) is 0 Å². The highest BCUT2D eigenvalue weighted by atomic mass is 35.5. The smallest absolute Gasteiger partial charge is 0.290 e. The van der Waals surface area contributed by atoms with E-state index in [-0.39, 0.29) is 28.7 Å². The Morgan fingerprint density at radius 2 is 1.86 bits per heavy atom. The minimum atomic E-state index is -1.05. The minimum Gasteiger partial charge on any atom is -0.506 e. The summed E-state index contributed by atoms with van der Waals surface area (Å²) in [4.78, 5) is 28.2. The molecule has 2 heterocycles. The highest BCUT2D eigenvalue weighted by Gasteiger charge is 2.44. The van der Waals surface area contributed by atoms with Crippen LogP contribution >= 0.6 is 11.6 Å². The van der Waals surface area contributed by atoms with Gasteiger partial charge < -0.3 is 24.3 Å². The third-order valence-electron chi connectivity index (χ3n) is 6.05. The van der Waals surface area contributed by atoms with E-state index in [9.17, 15) is 24.2 Å². The number of furan rings is 1. The number of phenols is 1. The quantitative estimate of drug-likeness (QED) is 0.324. The van der Waals surface area contributed by atoms with Crippen LogP contribution in [0.1, 0.15) is 27.7 Å². The number of carbonyl (C=O) groups is 2. The van der Waals surface area contributed by atoms with Crippen LogP contribution in [0.15, 0.2) is 82.5 Å². The van der Waals surface area contributed by atoms with E-state index in [0.717, 1.165) is 0 Å². The Labute approximate surface area is 209 Å². The molecule has 7 nitrogen and oxygen atoms in total. The number of hydrogen-bond acceptors (Lipinski definition) is 6. The summed E-state index contributed by atoms with van der Waals surface area (Å²) in [7, 11) is 1.47. The molecule has 4 aromatic rings. The molecule has 0 spiro atoms. The van der Waals surface area contributed by atoms with Crippen molar-refractivity contribution < 1.29 is 33.3 Å². The fraction of sp³-hybridized carbons (Fsp3) is 0.111. The lowest BCUT2D eigenvalue weighted by atomic mass is 9.94. The highest BCUT2D eigenvalue weighted by Crippen LogP contribution is 2.42. The van der Waals surface area contributed by atoms with E-state index in [1.54, 1.807) is 18.2 Å². The second-order valence-corrected chi connectivity index (χ2v) is 8.66. The van der Waals surface area contributed by atoms with Gasteiger partial charge in [-0.05, 0) is 47.5 Å². The third kappa shape index (κ3) is 3.95. The van der Waals surface area contributed by atoms with E-state index >= 15 is 0 Å². The number of hydrogen-bond donors (Lipinski definition) is 2. The molecule has 5 rings (SSSR count). The molecule has 9 heteroatoms. The molecule has 0 saturated carbocycles. The van der Waals surface area contributed by atoms with E-state index in [4.69, 9.17) is 20.8 Å². The number of methoxy groups -OCH3 is 1. The Kier molecular flexibility index (Phi) is 5.89. The molecule has 3 aromatic carbocycles. The predicted molar refractivity (Wildman–Crippen MR) is 130 cm³/mol. The van der Waals surface area contributed by atoms with Gasteiger partial charge in [-0.3, -0.25) is 9.59 Å². The maximum atomic E-state index is 13.7. The second kappa shape index (κ2) is 9.05. The van der Waals surface area contributed by atoms with Gasteiger partial charge in [0.15, 0.2) is 22.9 Å². The molecule has 2 N–H and O–H groups in total. The summed E-state index contributed by atoms with van der Waals surface area (Å²) in [6.45, 7) is -0.0307. The van der Waals surface area contributed by atoms with Crippen molar-refractivity contribution in [3.05, 3.63) is 106 Å². The van der Waals surface area contributed by atoms with E-state index in [1.807, 2.05) is 0 Å². The molecule has 0 bridgehead atoms. The molecular weight excluding hydrogens is 489 g/mol. The van der Waals surface area contributed by atoms with Crippen molar-refractivity contribution in [2.24, 2.45) is 0 Å². The highest BCUT2D eigenvalue weighted by molar-refractivity contribution is 6.32. The molecule has 36 heavy (non-hydrogen) atoms. The molecule has 182 valence electrons. The first-order chi connectivity index (χ1) is 17.3. The van der Waals surface area contributed by atoms with E-state index in [0.29, 0.717) is 27.8 Å². The fourth-order valence-corrected chi connectivity index (χ4v) is 4.51. The van der Waals surface area contributed by atoms with Crippen molar-refractivity contribution in [1.82, 2.24) is 4.90 Å². The molecular formula is C27H19ClFNO6. The van der Waals surface area contributed by atoms with E-state index in [2.05, 4.69) is 0 Å². The summed E-state index contributed by atoms with van der Waals surface area (Å²) in [5.41, 5.74) is 1.10. The maximum absolute atomic E-state index is 13.7. The molecule has 0 aliphatic carbocycles. The van der Waals surface area contributed by atoms with Crippen LogP contribution in [0.25, 0.3) is 11.0 Å². The van der Waals surface area contributed by atoms with Crippen LogP contribution in [0, 0.1) is 5.82 Å². The van der Waals surface area contributed by atoms with Gasteiger partial charge in [0.2, 0.25) is 5.78 Å². The molecule has 0 radical (unpaired) electrons. The van der Waals surface area contributed by atoms with Gasteiger partial charge in [-0.2, -0.15) is 0 Å². The molecule has 1 aliphatic rings. The number of aromatic hydroxyl groups is 1. The Bertz CT molecular complexity index is 1540. The van der Waals surface area contributed by atoms with Crippen molar-refractivity contribution >= 4 is 34.3 Å². The normalized spacial score (nSPS) is 15.7. The Hall–Kier alpha value is -4.30. The summed E-state index contributed by atoms with van der Waals surface area (Å²) >= 11 is 6.13. The van der Waals surface area contributed by atoms with Gasteiger partial charge in [0.1, 0.15) is 11.6 Å². The number of amides is 1. The standard InChI is InChI=1S/C27H19ClFNO6/c1-35-20-4-2-3-16-12-21(36-26(16)20)24(32)22-23(15-7-10-19(31)18(28)11-15)30(27(34)25(22)33)13-14-5-8-17(29)9-6-14/h2-12,23,31,33H,13H2,1H3. The number of rotatable bonds is 6. The van der Waals surface area contributed by atoms with Crippen molar-refractivity contribution in [2.45, 2.75) is 12.6 Å². The largest absolute Gasteiger partial charge is 0.506 e. The Morgan fingerprint density at radius 3 is 2.56 bits per heavy atom. The molecule has 1 atom stereocenters. The van der Waals surface area contributed by atoms with Crippen LogP contribution in [0.2, 0.25) is 5.02 Å². The van der Waals surface area contributed by atoms with Crippen LogP contribution in [0.5, 0.6) is 11.5 Å². The number of carbonyl (C=O) groups excluding carboxylic acids is 2. The lowest BCUT2D eigenvalue weighted by molar-refractivity contribution is -0.130. The molecule has 1 aliphatic heterocycles. The molecule has 1 unspecified atom stereocenters. The number of Topliss-reactive ketones (excluding diaryl/α,β-unsaturated/α-hetero) is 1. The minimum absolute atomic E-state index is 0.00773. The van der Waals surface area contributed by atoms with Gasteiger partial charge in [-0.25, -0.2) is 4.39 Å². The zero-order chi connectivity index (χ0) is 25.6. The predicted octanol–water partition coefficient (Wildman–Crippen LogP) is 5.72. The number of ketones is 1. The lowest BCUT2D eigenvalue weighted by Crippen LogP contribution is -2.30. The number of para-hydroxylation sites is 1. The second-order valence-electron chi connectivity index (χ2n) is 8.25. The first kappa shape index (κ1) is 23.4. The zero-order valence-corrected chi connectivity index (χ0v) is 19.6. The third-order valence-corrected chi connectivity index (χ3v) is 6.36. The first-order valence-corrected chi connectivity index (χ1v) is 11.2. The Balaban J connectivity index is 1.61. The number of benzene rings is 3. The number of fused-ring (bicyclic) bond motifs is 1. The van der Waals surface area contributed by atoms with Crippen LogP contribution in [-0.2, 0) is 11.3 Å². The van der Waals surface area contributed by atoms with Gasteiger partial charge in [0, 0.05) is 11.9 Å². The van der Waals surface area contributed by atoms with Gasteiger partial charge >= 0.3 is 0 Å². The number of halogens is 2. The molecule has 0 saturated heterocycles. The average molecular weight is 508 g/mol. The van der Waals surface area contributed by atoms with Crippen LogP contribution in [-0.4, -0.2) is 33.9 Å². The Morgan fingerprint density at radius 1 is 1.11 bits per heavy atom. The lowest BCUT2D eigenvalue weighted by Gasteiger charge is -2.27. The first-order valence-electron chi connectivity index (χ1n) is 10.9. The molecule has 0 fully saturated rings. The van der Waals surface area contributed by atoms with Gasteiger partial charge in [0.25, 0.3) is 5.91 Å². The number of aliphatic hydroxyl groups excluding tert-OH is 1. The van der Waals surface area contributed by atoms with Crippen molar-refractivity contribution in [2.75, 3.05) is 7.11 Å². The molecule has 1 aromatic heterocycles. The number of phenolic OH excluding ortho intramolecular Hbond substituents is 1. The van der Waals surface area contributed by atoms with Gasteiger partial charge in [0.05, 0.1) is 23.7 Å². The zero-order valence-electron chi connectivity index (χ0n) is 18.9. The van der Waals surface area contributed by atoms with Gasteiger partial charge in [-0.1, -0.05) is 41.9 Å². The maximum Gasteiger partial charge on any atom is 0.290 e. The summed E-state index contributed by atoms with van der Waals surface area (Å²) in [5, 5.41) is 21.4. The summed E-state index contributed by atoms with van der Waals surface area (Å²) in [5.74, 6) is -2.51. The summed E-state index contributed by atoms with van der Waals surface area (Å²) < 4.78 is 24.5. The number of aliphatic hydroxyl groups is 1. The topological polar surface area (TPSA) is 100 Å². The fourth-order valence-electron chi connectivity index (χ4n) is 4.32. The number of ether oxygens (including phenoxy) is 1. The van der Waals surface area contributed by atoms with Crippen LogP contribution < -0.4 is 4.74 Å². The SMILES string of the molecule is COc1cccc2cc(C(=O)C3=C(O)C(=O)N(Cc4ccc(F)cc4)C3c3ccc(O)c(Cl)c3)oc12. The van der Waals surface area contributed by atoms with Crippen molar-refractivity contribution in [3.63, 3.8) is 0 Å². The summed E-state index contributed by atoms with van der Waals surface area (Å²) in [6, 6.07) is 15.4. The van der Waals surface area contributed by atoms with Crippen molar-refractivity contribution in [1.29, 1.82) is 0 Å². The van der Waals surface area contributed by atoms with Crippen LogP contribution in [0.4, 0.5) is 4.39 Å². The number of nitrogens with zero attached hydrogens (tertiary/aromatic N) is 1. The van der Waals surface area contributed by atoms with E-state index in [1.165, 1.54) is 60.5 Å². The van der Waals surface area contributed by atoms with E-state index < -0.39 is 29.3 Å². The van der Waals surface area contributed by atoms with Gasteiger partial charge in [-0.15, -0.1) is 0 Å². The van der Waals surface area contributed by atoms with Crippen molar-refractivity contribution in [3.8, 4) is 11.5 Å². The summed E-state index contributed by atoms with van der Waals surface area (Å²) in [6.07, 6.45) is 0. The molecule has 1 amide bonds.